The molecule has 2 unspecified atom stereocenters. The fourth-order valence-electron chi connectivity index (χ4n) is 4.09. The van der Waals surface area contributed by atoms with Crippen LogP contribution < -0.4 is 5.32 Å². The Balaban J connectivity index is 1.54. The van der Waals surface area contributed by atoms with Gasteiger partial charge >= 0.3 is 6.18 Å². The molecule has 0 aromatic heterocycles. The molecule has 2 atom stereocenters. The van der Waals surface area contributed by atoms with E-state index in [1.165, 1.54) is 24.3 Å². The minimum absolute atomic E-state index is 0.0411. The number of amides is 1. The summed E-state index contributed by atoms with van der Waals surface area (Å²) in [6, 6.07) is 10.7. The van der Waals surface area contributed by atoms with Gasteiger partial charge < -0.3 is 5.32 Å². The Morgan fingerprint density at radius 1 is 0.919 bits per heavy atom. The molecule has 4 rings (SSSR count). The van der Waals surface area contributed by atoms with Gasteiger partial charge in [-0.25, -0.2) is 4.39 Å². The number of nitrogens with one attached hydrogen (secondary N) is 1. The van der Waals surface area contributed by atoms with Crippen molar-refractivity contribution >= 4 is 75.4 Å². The molecule has 3 aromatic carbocycles. The smallest absolute Gasteiger partial charge is 0.326 e. The summed E-state index contributed by atoms with van der Waals surface area (Å²) in [6.07, 6.45) is -5.56. The maximum Gasteiger partial charge on any atom is 0.416 e. The van der Waals surface area contributed by atoms with E-state index in [4.69, 9.17) is 58.0 Å². The topological polar surface area (TPSA) is 46.2 Å². The van der Waals surface area contributed by atoms with Crippen LogP contribution in [0.2, 0.25) is 15.1 Å². The van der Waals surface area contributed by atoms with Gasteiger partial charge in [0.25, 0.3) is 0 Å². The zero-order chi connectivity index (χ0) is 27.3. The minimum atomic E-state index is -4.86. The molecule has 0 bridgehead atoms. The highest BCUT2D eigenvalue weighted by Gasteiger charge is 2.67. The molecular weight excluding hydrogens is 600 g/mol. The van der Waals surface area contributed by atoms with E-state index in [1.807, 2.05) is 0 Å². The molecule has 37 heavy (non-hydrogen) atoms. The molecule has 1 fully saturated rings. The number of Topliss-reactive ketones (excluding diaryl/α,β-unsaturated/α-hetero) is 1. The second-order valence-electron chi connectivity index (χ2n) is 8.42. The van der Waals surface area contributed by atoms with Crippen molar-refractivity contribution in [2.75, 3.05) is 5.32 Å². The fourth-order valence-corrected chi connectivity index (χ4v) is 5.69. The molecule has 0 heterocycles. The Labute approximate surface area is 233 Å². The molecule has 1 aliphatic carbocycles. The van der Waals surface area contributed by atoms with Crippen molar-refractivity contribution in [2.45, 2.75) is 22.8 Å². The van der Waals surface area contributed by atoms with Gasteiger partial charge in [0.2, 0.25) is 5.91 Å². The van der Waals surface area contributed by atoms with E-state index >= 15 is 0 Å². The molecule has 1 N–H and O–H groups in total. The van der Waals surface area contributed by atoms with E-state index < -0.39 is 57.4 Å². The number of ketones is 1. The second-order valence-corrected chi connectivity index (χ2v) is 11.1. The van der Waals surface area contributed by atoms with Crippen LogP contribution in [0.5, 0.6) is 0 Å². The van der Waals surface area contributed by atoms with Gasteiger partial charge in [0, 0.05) is 33.6 Å². The number of hydrogen-bond donors (Lipinski definition) is 1. The molecule has 3 aromatic rings. The first-order valence-electron chi connectivity index (χ1n) is 10.5. The number of hydrogen-bond acceptors (Lipinski definition) is 2. The summed E-state index contributed by atoms with van der Waals surface area (Å²) >= 11 is 30.9. The van der Waals surface area contributed by atoms with E-state index in [2.05, 4.69) is 5.32 Å². The lowest BCUT2D eigenvalue weighted by Crippen LogP contribution is -2.18. The normalized spacial score (nSPS) is 18.4. The molecule has 0 aliphatic heterocycles. The van der Waals surface area contributed by atoms with Crippen LogP contribution in [0.4, 0.5) is 23.2 Å². The van der Waals surface area contributed by atoms with E-state index in [0.717, 1.165) is 12.1 Å². The van der Waals surface area contributed by atoms with Crippen LogP contribution in [-0.4, -0.2) is 16.0 Å². The zero-order valence-corrected chi connectivity index (χ0v) is 22.1. The molecule has 1 aliphatic rings. The standard InChI is InChI=1S/C25H14Cl5F4NO2/c26-13-5-12(6-14(27)8-13)21-22(24(21,29)30)23(37)35-16-3-4-19(28)17(10-16)20(36)7-11-1-2-15(31)9-18(11)25(32,33)34/h1-6,8-10,21-22H,7H2,(H,35,37). The number of alkyl halides is 5. The van der Waals surface area contributed by atoms with Crippen molar-refractivity contribution in [3.05, 3.63) is 97.7 Å². The largest absolute Gasteiger partial charge is 0.416 e. The first-order valence-corrected chi connectivity index (χ1v) is 12.4. The average Bonchev–Trinajstić information content (AvgIpc) is 3.37. The van der Waals surface area contributed by atoms with Gasteiger partial charge in [-0.15, -0.1) is 23.2 Å². The van der Waals surface area contributed by atoms with E-state index in [-0.39, 0.29) is 16.3 Å². The molecule has 0 saturated heterocycles. The molecule has 194 valence electrons. The van der Waals surface area contributed by atoms with Gasteiger partial charge in [0.05, 0.1) is 16.5 Å². The van der Waals surface area contributed by atoms with Gasteiger partial charge in [-0.3, -0.25) is 9.59 Å². The fraction of sp³-hybridized carbons (Fsp3) is 0.200. The van der Waals surface area contributed by atoms with Gasteiger partial charge in [0.15, 0.2) is 5.78 Å². The predicted octanol–water partition coefficient (Wildman–Crippen LogP) is 8.76. The van der Waals surface area contributed by atoms with Gasteiger partial charge in [-0.05, 0) is 59.7 Å². The Hall–Kier alpha value is -2.03. The van der Waals surface area contributed by atoms with Gasteiger partial charge in [-0.2, -0.15) is 13.2 Å². The molecule has 1 amide bonds. The van der Waals surface area contributed by atoms with Crippen LogP contribution in [0.1, 0.15) is 33.0 Å². The number of rotatable bonds is 6. The van der Waals surface area contributed by atoms with Gasteiger partial charge in [-0.1, -0.05) is 40.9 Å². The number of anilines is 1. The summed E-state index contributed by atoms with van der Waals surface area (Å²) in [7, 11) is 0. The van der Waals surface area contributed by atoms with Crippen LogP contribution in [-0.2, 0) is 17.4 Å². The zero-order valence-electron chi connectivity index (χ0n) is 18.3. The Morgan fingerprint density at radius 2 is 1.57 bits per heavy atom. The maximum absolute atomic E-state index is 13.4. The first-order chi connectivity index (χ1) is 17.2. The summed E-state index contributed by atoms with van der Waals surface area (Å²) in [5.41, 5.74) is -1.10. The summed E-state index contributed by atoms with van der Waals surface area (Å²) in [5, 5.41) is 3.24. The molecule has 1 saturated carbocycles. The van der Waals surface area contributed by atoms with E-state index in [0.29, 0.717) is 21.7 Å². The van der Waals surface area contributed by atoms with Crippen molar-refractivity contribution < 1.29 is 27.2 Å². The molecule has 0 radical (unpaired) electrons. The van der Waals surface area contributed by atoms with Crippen molar-refractivity contribution in [1.82, 2.24) is 0 Å². The summed E-state index contributed by atoms with van der Waals surface area (Å²) in [4.78, 5) is 25.8. The van der Waals surface area contributed by atoms with E-state index in [1.54, 1.807) is 12.1 Å². The highest BCUT2D eigenvalue weighted by Crippen LogP contribution is 2.65. The second kappa shape index (κ2) is 10.3. The van der Waals surface area contributed by atoms with Gasteiger partial charge in [0.1, 0.15) is 10.2 Å². The molecule has 0 spiro atoms. The summed E-state index contributed by atoms with van der Waals surface area (Å²) < 4.78 is 51.9. The first kappa shape index (κ1) is 28.0. The van der Waals surface area contributed by atoms with E-state index in [9.17, 15) is 27.2 Å². The number of halogens is 9. The number of carbonyl (C=O) groups is 2. The Bertz CT molecular complexity index is 1390. The van der Waals surface area contributed by atoms with Crippen LogP contribution in [0, 0.1) is 11.7 Å². The van der Waals surface area contributed by atoms with Crippen LogP contribution in [0.25, 0.3) is 0 Å². The van der Waals surface area contributed by atoms with Crippen molar-refractivity contribution in [3.63, 3.8) is 0 Å². The lowest BCUT2D eigenvalue weighted by Gasteiger charge is -2.13. The third kappa shape index (κ3) is 6.02. The Kier molecular flexibility index (Phi) is 7.77. The third-order valence-electron chi connectivity index (χ3n) is 5.84. The van der Waals surface area contributed by atoms with Crippen molar-refractivity contribution in [1.29, 1.82) is 0 Å². The Morgan fingerprint density at radius 3 is 2.19 bits per heavy atom. The van der Waals surface area contributed by atoms with Crippen LogP contribution in [0.3, 0.4) is 0 Å². The summed E-state index contributed by atoms with van der Waals surface area (Å²) in [6.45, 7) is 0. The highest BCUT2D eigenvalue weighted by molar-refractivity contribution is 6.53. The molecule has 3 nitrogen and oxygen atoms in total. The quantitative estimate of drug-likeness (QED) is 0.172. The molecule has 12 heteroatoms. The van der Waals surface area contributed by atoms with Crippen molar-refractivity contribution in [3.8, 4) is 0 Å². The average molecular weight is 614 g/mol. The monoisotopic (exact) mass is 611 g/mol. The number of benzene rings is 3. The van der Waals surface area contributed by atoms with Crippen molar-refractivity contribution in [2.24, 2.45) is 5.92 Å². The van der Waals surface area contributed by atoms with Crippen LogP contribution in [0.15, 0.2) is 54.6 Å². The lowest BCUT2D eigenvalue weighted by atomic mass is 9.98. The SMILES string of the molecule is O=C(Cc1ccc(F)cc1C(F)(F)F)c1cc(NC(=O)C2C(c3cc(Cl)cc(Cl)c3)C2(Cl)Cl)ccc1Cl. The summed E-state index contributed by atoms with van der Waals surface area (Å²) in [5.74, 6) is -3.90. The third-order valence-corrected chi connectivity index (χ3v) is 7.55. The predicted molar refractivity (Wildman–Crippen MR) is 137 cm³/mol. The van der Waals surface area contributed by atoms with Crippen LogP contribution >= 0.6 is 58.0 Å². The maximum atomic E-state index is 13.4. The molecular formula is C25H14Cl5F4NO2. The lowest BCUT2D eigenvalue weighted by molar-refractivity contribution is -0.138. The highest BCUT2D eigenvalue weighted by atomic mass is 35.5. The number of carbonyl (C=O) groups excluding carboxylic acids is 2. The minimum Gasteiger partial charge on any atom is -0.326 e.